The normalized spacial score (nSPS) is 22.6. The zero-order chi connectivity index (χ0) is 16.2. The van der Waals surface area contributed by atoms with Crippen molar-refractivity contribution in [1.29, 1.82) is 0 Å². The second-order valence-electron chi connectivity index (χ2n) is 6.05. The van der Waals surface area contributed by atoms with Crippen molar-refractivity contribution in [2.24, 2.45) is 0 Å². The first kappa shape index (κ1) is 16.4. The lowest BCUT2D eigenvalue weighted by atomic mass is 10.0. The van der Waals surface area contributed by atoms with Gasteiger partial charge in [-0.1, -0.05) is 6.08 Å². The van der Waals surface area contributed by atoms with Gasteiger partial charge in [0.25, 0.3) is 0 Å². The summed E-state index contributed by atoms with van der Waals surface area (Å²) in [7, 11) is 2.13. The van der Waals surface area contributed by atoms with Gasteiger partial charge in [0.15, 0.2) is 5.11 Å². The van der Waals surface area contributed by atoms with Gasteiger partial charge < -0.3 is 19.9 Å². The molecule has 124 valence electrons. The predicted octanol–water partition coefficient (Wildman–Crippen LogP) is 2.49. The highest BCUT2D eigenvalue weighted by atomic mass is 32.1. The van der Waals surface area contributed by atoms with E-state index in [0.29, 0.717) is 11.7 Å². The highest BCUT2D eigenvalue weighted by molar-refractivity contribution is 7.80. The third kappa shape index (κ3) is 4.28. The average molecular weight is 335 g/mol. The average Bonchev–Trinajstić information content (AvgIpc) is 2.57. The van der Waals surface area contributed by atoms with E-state index in [1.807, 2.05) is 0 Å². The number of nitrogens with one attached hydrogen (secondary N) is 1. The predicted molar refractivity (Wildman–Crippen MR) is 94.1 cm³/mol. The number of likely N-dealkylation sites (N-methyl/N-ethyl adjacent to an activating group) is 1. The second-order valence-corrected chi connectivity index (χ2v) is 6.43. The summed E-state index contributed by atoms with van der Waals surface area (Å²) in [5.74, 6) is -0.249. The summed E-state index contributed by atoms with van der Waals surface area (Å²) < 4.78 is 18.9. The lowest BCUT2D eigenvalue weighted by molar-refractivity contribution is 0.0122. The fourth-order valence-electron chi connectivity index (χ4n) is 2.95. The smallest absolute Gasteiger partial charge is 0.173 e. The summed E-state index contributed by atoms with van der Waals surface area (Å²) >= 11 is 5.50. The summed E-state index contributed by atoms with van der Waals surface area (Å²) in [6.07, 6.45) is 3.47. The van der Waals surface area contributed by atoms with Gasteiger partial charge in [-0.2, -0.15) is 0 Å². The minimum atomic E-state index is -0.249. The fourth-order valence-corrected chi connectivity index (χ4v) is 3.24. The van der Waals surface area contributed by atoms with Crippen molar-refractivity contribution in [1.82, 2.24) is 9.80 Å². The lowest BCUT2D eigenvalue weighted by Crippen LogP contribution is -2.49. The molecule has 0 spiro atoms. The number of hydrogen-bond acceptors (Lipinski definition) is 3. The highest BCUT2D eigenvalue weighted by Gasteiger charge is 2.26. The molecule has 0 amide bonds. The fraction of sp³-hybridized carbons (Fsp3) is 0.471. The van der Waals surface area contributed by atoms with E-state index in [2.05, 4.69) is 28.2 Å². The summed E-state index contributed by atoms with van der Waals surface area (Å²) in [6.45, 7) is 4.25. The summed E-state index contributed by atoms with van der Waals surface area (Å²) in [6, 6.07) is 6.24. The van der Waals surface area contributed by atoms with Crippen LogP contribution in [-0.4, -0.2) is 60.8 Å². The van der Waals surface area contributed by atoms with Gasteiger partial charge in [-0.15, -0.1) is 0 Å². The van der Waals surface area contributed by atoms with E-state index in [9.17, 15) is 4.39 Å². The van der Waals surface area contributed by atoms with Crippen LogP contribution in [0.1, 0.15) is 6.42 Å². The molecule has 0 aromatic heterocycles. The van der Waals surface area contributed by atoms with Crippen molar-refractivity contribution in [3.05, 3.63) is 41.7 Å². The molecule has 0 saturated carbocycles. The maximum absolute atomic E-state index is 13.0. The zero-order valence-corrected chi connectivity index (χ0v) is 14.1. The third-order valence-electron chi connectivity index (χ3n) is 4.23. The number of morpholine rings is 1. The Balaban J connectivity index is 1.60. The minimum Gasteiger partial charge on any atom is -0.370 e. The molecule has 0 aliphatic carbocycles. The van der Waals surface area contributed by atoms with Crippen LogP contribution in [0.2, 0.25) is 0 Å². The molecule has 1 unspecified atom stereocenters. The van der Waals surface area contributed by atoms with Crippen LogP contribution in [0, 0.1) is 5.82 Å². The first-order chi connectivity index (χ1) is 11.1. The molecule has 6 heteroatoms. The van der Waals surface area contributed by atoms with Crippen LogP contribution in [0.5, 0.6) is 0 Å². The standard InChI is InChI=1S/C17H22FN3OS/c1-20-8-2-3-13(11-20)16-12-21(9-10-22-16)17(23)19-15-6-4-14(18)5-7-15/h3-7,16H,2,8-12H2,1H3,(H,19,23). The van der Waals surface area contributed by atoms with Gasteiger partial charge in [-0.05, 0) is 55.5 Å². The Morgan fingerprint density at radius 2 is 2.09 bits per heavy atom. The molecule has 0 bridgehead atoms. The van der Waals surface area contributed by atoms with Crippen LogP contribution < -0.4 is 5.32 Å². The number of hydrogen-bond donors (Lipinski definition) is 1. The van der Waals surface area contributed by atoms with Crippen LogP contribution in [0.25, 0.3) is 0 Å². The quantitative estimate of drug-likeness (QED) is 0.662. The van der Waals surface area contributed by atoms with Crippen LogP contribution in [-0.2, 0) is 4.74 Å². The summed E-state index contributed by atoms with van der Waals surface area (Å²) in [5.41, 5.74) is 2.14. The number of halogens is 1. The van der Waals surface area contributed by atoms with E-state index in [4.69, 9.17) is 17.0 Å². The molecule has 3 rings (SSSR count). The molecule has 1 aromatic rings. The molecule has 4 nitrogen and oxygen atoms in total. The maximum Gasteiger partial charge on any atom is 0.173 e. The molecule has 1 aromatic carbocycles. The van der Waals surface area contributed by atoms with Gasteiger partial charge in [-0.25, -0.2) is 4.39 Å². The van der Waals surface area contributed by atoms with E-state index in [1.165, 1.54) is 17.7 Å². The first-order valence-electron chi connectivity index (χ1n) is 7.92. The maximum atomic E-state index is 13.0. The Labute approximate surface area is 141 Å². The van der Waals surface area contributed by atoms with Crippen LogP contribution in [0.4, 0.5) is 10.1 Å². The molecule has 2 aliphatic heterocycles. The Kier molecular flexibility index (Phi) is 5.25. The molecule has 2 aliphatic rings. The van der Waals surface area contributed by atoms with Gasteiger partial charge in [-0.3, -0.25) is 0 Å². The molecule has 1 saturated heterocycles. The van der Waals surface area contributed by atoms with E-state index in [0.717, 1.165) is 38.3 Å². The van der Waals surface area contributed by atoms with Crippen molar-refractivity contribution < 1.29 is 9.13 Å². The monoisotopic (exact) mass is 335 g/mol. The van der Waals surface area contributed by atoms with E-state index in [-0.39, 0.29) is 11.9 Å². The molecular formula is C17H22FN3OS. The Hall–Kier alpha value is -1.50. The van der Waals surface area contributed by atoms with E-state index >= 15 is 0 Å². The van der Waals surface area contributed by atoms with Crippen LogP contribution in [0.3, 0.4) is 0 Å². The van der Waals surface area contributed by atoms with Crippen molar-refractivity contribution >= 4 is 23.0 Å². The molecule has 2 heterocycles. The van der Waals surface area contributed by atoms with Crippen molar-refractivity contribution in [3.63, 3.8) is 0 Å². The number of ether oxygens (including phenoxy) is 1. The topological polar surface area (TPSA) is 27.7 Å². The second kappa shape index (κ2) is 7.38. The Bertz CT molecular complexity index is 590. The number of benzene rings is 1. The molecule has 0 radical (unpaired) electrons. The van der Waals surface area contributed by atoms with Crippen LogP contribution in [0.15, 0.2) is 35.9 Å². The molecule has 1 fully saturated rings. The van der Waals surface area contributed by atoms with Crippen LogP contribution >= 0.6 is 12.2 Å². The lowest BCUT2D eigenvalue weighted by Gasteiger charge is -2.37. The Morgan fingerprint density at radius 1 is 1.30 bits per heavy atom. The van der Waals surface area contributed by atoms with Gasteiger partial charge in [0.2, 0.25) is 0 Å². The largest absolute Gasteiger partial charge is 0.370 e. The number of anilines is 1. The van der Waals surface area contributed by atoms with Crippen molar-refractivity contribution in [3.8, 4) is 0 Å². The van der Waals surface area contributed by atoms with Gasteiger partial charge >= 0.3 is 0 Å². The van der Waals surface area contributed by atoms with Gasteiger partial charge in [0.1, 0.15) is 5.82 Å². The number of rotatable bonds is 2. The number of thiocarbonyl (C=S) groups is 1. The molecular weight excluding hydrogens is 313 g/mol. The molecule has 1 N–H and O–H groups in total. The Morgan fingerprint density at radius 3 is 2.83 bits per heavy atom. The van der Waals surface area contributed by atoms with Gasteiger partial charge in [0.05, 0.1) is 19.3 Å². The number of nitrogens with zero attached hydrogens (tertiary/aromatic N) is 2. The summed E-state index contributed by atoms with van der Waals surface area (Å²) in [5, 5.41) is 3.84. The highest BCUT2D eigenvalue weighted by Crippen LogP contribution is 2.19. The summed E-state index contributed by atoms with van der Waals surface area (Å²) in [4.78, 5) is 4.44. The first-order valence-corrected chi connectivity index (χ1v) is 8.33. The zero-order valence-electron chi connectivity index (χ0n) is 13.3. The molecule has 23 heavy (non-hydrogen) atoms. The van der Waals surface area contributed by atoms with Gasteiger partial charge in [0, 0.05) is 25.3 Å². The minimum absolute atomic E-state index is 0.0967. The van der Waals surface area contributed by atoms with E-state index in [1.54, 1.807) is 12.1 Å². The SMILES string of the molecule is CN1CCC=C(C2CN(C(=S)Nc3ccc(F)cc3)CCO2)C1. The van der Waals surface area contributed by atoms with Crippen molar-refractivity contribution in [2.75, 3.05) is 45.2 Å². The molecule has 1 atom stereocenters. The van der Waals surface area contributed by atoms with E-state index < -0.39 is 0 Å². The third-order valence-corrected chi connectivity index (χ3v) is 4.59. The van der Waals surface area contributed by atoms with Crippen molar-refractivity contribution in [2.45, 2.75) is 12.5 Å².